The first-order valence-corrected chi connectivity index (χ1v) is 15.4. The van der Waals surface area contributed by atoms with E-state index in [1.807, 2.05) is 6.29 Å². The van der Waals surface area contributed by atoms with E-state index in [-0.39, 0.29) is 36.5 Å². The maximum atomic E-state index is 13.5. The van der Waals surface area contributed by atoms with Crippen LogP contribution in [0.5, 0.6) is 5.88 Å². The van der Waals surface area contributed by atoms with Gasteiger partial charge >= 0.3 is 12.3 Å². The molecule has 1 aliphatic carbocycles. The smallest absolute Gasteiger partial charge is 0.416 e. The van der Waals surface area contributed by atoms with Crippen LogP contribution < -0.4 is 10.1 Å². The van der Waals surface area contributed by atoms with Crippen LogP contribution in [0.3, 0.4) is 0 Å². The number of hydrogen-bond donors (Lipinski definition) is 2. The van der Waals surface area contributed by atoms with Crippen LogP contribution in [-0.4, -0.2) is 63.0 Å². The minimum absolute atomic E-state index is 0. The van der Waals surface area contributed by atoms with Gasteiger partial charge in [0.2, 0.25) is 11.8 Å². The predicted octanol–water partition coefficient (Wildman–Crippen LogP) is 6.33. The van der Waals surface area contributed by atoms with E-state index in [0.29, 0.717) is 17.6 Å². The second-order valence-corrected chi connectivity index (χ2v) is 13.2. The summed E-state index contributed by atoms with van der Waals surface area (Å²) in [6.45, 7) is 6.77. The molecule has 1 unspecified atom stereocenters. The molecule has 0 spiro atoms. The van der Waals surface area contributed by atoms with Crippen molar-refractivity contribution in [3.63, 3.8) is 0 Å². The Kier molecular flexibility index (Phi) is 12.3. The number of aromatic nitrogens is 2. The SMILES string of the molecule is C[C@H]1C([C-]=O)N(C(=O)[C@@H](NC(=O)O)C(C)(C)C)C[C@@H]1Oc1nc2cc(C(F)(F)F)ccc2nc1CCCCCC1CCCC1.[V]. The third-order valence-corrected chi connectivity index (χ3v) is 8.87. The number of hydrogen-bond acceptors (Lipinski definition) is 6. The monoisotopic (exact) mass is 670 g/mol. The molecule has 2 aromatic rings. The number of likely N-dealkylation sites (tertiary alicyclic amines) is 1. The number of carbonyl (C=O) groups excluding carboxylic acids is 2. The maximum Gasteiger partial charge on any atom is 0.416 e. The number of nitrogens with zero attached hydrogens (tertiary/aromatic N) is 3. The minimum atomic E-state index is -4.56. The van der Waals surface area contributed by atoms with Gasteiger partial charge in [0, 0.05) is 18.6 Å². The number of carbonyl (C=O) groups is 2. The van der Waals surface area contributed by atoms with Gasteiger partial charge in [0.25, 0.3) is 0 Å². The molecule has 13 heteroatoms. The van der Waals surface area contributed by atoms with Gasteiger partial charge in [0.1, 0.15) is 17.8 Å². The molecule has 4 atom stereocenters. The predicted molar refractivity (Wildman–Crippen MR) is 158 cm³/mol. The summed E-state index contributed by atoms with van der Waals surface area (Å²) in [7, 11) is 0. The Hall–Kier alpha value is -2.86. The first-order valence-electron chi connectivity index (χ1n) is 15.4. The molecule has 2 aliphatic rings. The topological polar surface area (TPSA) is 122 Å². The number of nitrogens with one attached hydrogen (secondary N) is 1. The molecular formula is C32H42F3N4O5V-. The largest absolute Gasteiger partial charge is 0.540 e. The Bertz CT molecular complexity index is 1350. The summed E-state index contributed by atoms with van der Waals surface area (Å²) in [5, 5.41) is 11.6. The van der Waals surface area contributed by atoms with Gasteiger partial charge in [-0.25, -0.2) is 21.0 Å². The van der Waals surface area contributed by atoms with Crippen molar-refractivity contribution < 1.29 is 56.0 Å². The molecule has 45 heavy (non-hydrogen) atoms. The Labute approximate surface area is 274 Å². The van der Waals surface area contributed by atoms with Gasteiger partial charge in [-0.2, -0.15) is 13.2 Å². The number of benzene rings is 1. The van der Waals surface area contributed by atoms with Crippen molar-refractivity contribution in [2.24, 2.45) is 17.3 Å². The van der Waals surface area contributed by atoms with Gasteiger partial charge in [-0.3, -0.25) is 4.79 Å². The van der Waals surface area contributed by atoms with Gasteiger partial charge in [0.05, 0.1) is 23.1 Å². The van der Waals surface area contributed by atoms with Crippen molar-refractivity contribution in [3.05, 3.63) is 29.5 Å². The van der Waals surface area contributed by atoms with Crippen LogP contribution in [0.2, 0.25) is 0 Å². The first kappa shape index (κ1) is 36.6. The summed E-state index contributed by atoms with van der Waals surface area (Å²) in [6, 6.07) is 1.06. The molecule has 247 valence electrons. The molecule has 4 rings (SSSR count). The van der Waals surface area contributed by atoms with Crippen molar-refractivity contribution >= 4 is 29.3 Å². The molecule has 1 radical (unpaired) electrons. The zero-order valence-corrected chi connectivity index (χ0v) is 27.6. The number of aryl methyl sites for hydroxylation is 1. The number of alkyl halides is 3. The zero-order chi connectivity index (χ0) is 32.2. The molecule has 1 aliphatic heterocycles. The second kappa shape index (κ2) is 15.2. The fourth-order valence-corrected chi connectivity index (χ4v) is 6.29. The molecule has 2 N–H and O–H groups in total. The number of rotatable bonds is 11. The summed E-state index contributed by atoms with van der Waals surface area (Å²) < 4.78 is 46.7. The molecule has 2 fully saturated rings. The number of carboxylic acid groups (broad SMARTS) is 1. The number of fused-ring (bicyclic) bond motifs is 1. The van der Waals surface area contributed by atoms with Crippen LogP contribution in [-0.2, 0) is 40.7 Å². The van der Waals surface area contributed by atoms with Crippen LogP contribution in [0.25, 0.3) is 11.0 Å². The van der Waals surface area contributed by atoms with E-state index in [0.717, 1.165) is 37.3 Å². The van der Waals surface area contributed by atoms with Crippen molar-refractivity contribution in [2.45, 2.75) is 110 Å². The van der Waals surface area contributed by atoms with E-state index in [4.69, 9.17) is 4.74 Å². The quantitative estimate of drug-likeness (QED) is 0.212. The first-order chi connectivity index (χ1) is 20.7. The van der Waals surface area contributed by atoms with E-state index in [1.165, 1.54) is 43.1 Å². The van der Waals surface area contributed by atoms with E-state index < -0.39 is 53.3 Å². The van der Waals surface area contributed by atoms with E-state index in [9.17, 15) is 32.7 Å². The van der Waals surface area contributed by atoms with Crippen LogP contribution in [0.15, 0.2) is 18.2 Å². The van der Waals surface area contributed by atoms with E-state index >= 15 is 0 Å². The van der Waals surface area contributed by atoms with E-state index in [1.54, 1.807) is 27.7 Å². The molecule has 9 nitrogen and oxygen atoms in total. The van der Waals surface area contributed by atoms with Crippen LogP contribution in [0.4, 0.5) is 18.0 Å². The van der Waals surface area contributed by atoms with Gasteiger partial charge in [0.15, 0.2) is 0 Å². The summed E-state index contributed by atoms with van der Waals surface area (Å²) in [5.41, 5.74) is -0.812. The fourth-order valence-electron chi connectivity index (χ4n) is 6.29. The standard InChI is InChI=1S/C32H42F3N4O5.V/c1-19-25(18-40)39(29(41)27(31(2,3)4)38-30(42)43)17-26(19)44-28-23(13-7-5-6-10-20-11-8-9-12-20)36-22-15-14-21(32(33,34)35)16-24(22)37-28;/h14-16,19-20,25-27,38H,5-13,17H2,1-4H3,(H,42,43);/q-1;/t19-,25?,26-,27+;/m0./s1. The van der Waals surface area contributed by atoms with Gasteiger partial charge in [-0.1, -0.05) is 78.7 Å². The third-order valence-electron chi connectivity index (χ3n) is 8.87. The van der Waals surface area contributed by atoms with Gasteiger partial charge in [-0.15, -0.1) is 0 Å². The number of unbranched alkanes of at least 4 members (excludes halogenated alkanes) is 2. The number of ether oxygens (including phenoxy) is 1. The molecule has 1 aromatic heterocycles. The average Bonchev–Trinajstić information content (AvgIpc) is 3.57. The van der Waals surface area contributed by atoms with Gasteiger partial charge < -0.3 is 24.9 Å². The number of amides is 2. The Balaban J connectivity index is 0.00000552. The molecule has 1 saturated carbocycles. The van der Waals surface area contributed by atoms with Crippen molar-refractivity contribution in [1.29, 1.82) is 0 Å². The summed E-state index contributed by atoms with van der Waals surface area (Å²) in [6.07, 6.45) is 4.93. The molecule has 1 saturated heterocycles. The Morgan fingerprint density at radius 2 is 1.80 bits per heavy atom. The Morgan fingerprint density at radius 3 is 2.40 bits per heavy atom. The summed E-state index contributed by atoms with van der Waals surface area (Å²) in [5.74, 6) is -0.287. The number of halogens is 3. The van der Waals surface area contributed by atoms with Crippen LogP contribution in [0.1, 0.15) is 90.3 Å². The van der Waals surface area contributed by atoms with Crippen molar-refractivity contribution in [1.82, 2.24) is 20.2 Å². The third kappa shape index (κ3) is 9.12. The molecular weight excluding hydrogens is 628 g/mol. The van der Waals surface area contributed by atoms with E-state index in [2.05, 4.69) is 15.3 Å². The fraction of sp³-hybridized carbons (Fsp3) is 0.656. The summed E-state index contributed by atoms with van der Waals surface area (Å²) in [4.78, 5) is 47.4. The Morgan fingerprint density at radius 1 is 1.11 bits per heavy atom. The average molecular weight is 671 g/mol. The normalized spacial score (nSPS) is 21.4. The second-order valence-electron chi connectivity index (χ2n) is 13.2. The molecule has 2 amide bonds. The van der Waals surface area contributed by atoms with Crippen LogP contribution in [0, 0.1) is 17.3 Å². The van der Waals surface area contributed by atoms with Crippen LogP contribution >= 0.6 is 0 Å². The summed E-state index contributed by atoms with van der Waals surface area (Å²) >= 11 is 0. The van der Waals surface area contributed by atoms with Crippen molar-refractivity contribution in [3.8, 4) is 5.88 Å². The van der Waals surface area contributed by atoms with Gasteiger partial charge in [-0.05, 0) is 48.3 Å². The minimum Gasteiger partial charge on any atom is -0.540 e. The maximum absolute atomic E-state index is 13.5. The zero-order valence-electron chi connectivity index (χ0n) is 26.2. The molecule has 2 heterocycles. The molecule has 1 aromatic carbocycles. The van der Waals surface area contributed by atoms with Crippen molar-refractivity contribution in [2.75, 3.05) is 6.54 Å². The molecule has 0 bridgehead atoms.